The quantitative estimate of drug-likeness (QED) is 0.811. The highest BCUT2D eigenvalue weighted by atomic mass is 32.1. The second kappa shape index (κ2) is 8.42. The van der Waals surface area contributed by atoms with Crippen LogP contribution in [-0.2, 0) is 20.7 Å². The maximum Gasteiger partial charge on any atom is 0.326 e. The minimum absolute atomic E-state index is 0.0692. The molecule has 3 rings (SSSR count). The van der Waals surface area contributed by atoms with E-state index in [0.29, 0.717) is 18.9 Å². The first kappa shape index (κ1) is 18.5. The predicted octanol–water partition coefficient (Wildman–Crippen LogP) is 2.66. The molecule has 1 aromatic carbocycles. The second-order valence-corrected chi connectivity index (χ2v) is 7.41. The number of hydrogen-bond acceptors (Lipinski definition) is 5. The molecule has 26 heavy (non-hydrogen) atoms. The van der Waals surface area contributed by atoms with E-state index >= 15 is 0 Å². The molecule has 1 fully saturated rings. The van der Waals surface area contributed by atoms with Crippen LogP contribution in [0.15, 0.2) is 29.6 Å². The van der Waals surface area contributed by atoms with Gasteiger partial charge in [0.25, 0.3) is 0 Å². The molecule has 138 valence electrons. The number of carboxylic acids is 1. The molecule has 1 aliphatic rings. The molecular formula is C19H22N2O4S. The van der Waals surface area contributed by atoms with Gasteiger partial charge in [-0.2, -0.15) is 0 Å². The average Bonchev–Trinajstić information content (AvgIpc) is 3.09. The van der Waals surface area contributed by atoms with E-state index in [4.69, 9.17) is 4.74 Å². The number of nitrogens with one attached hydrogen (secondary N) is 1. The van der Waals surface area contributed by atoms with E-state index in [1.807, 2.05) is 36.6 Å². The fraction of sp³-hybridized carbons (Fsp3) is 0.421. The van der Waals surface area contributed by atoms with Crippen molar-refractivity contribution in [2.45, 2.75) is 32.2 Å². The molecule has 2 atom stereocenters. The number of aliphatic carboxylic acids is 1. The summed E-state index contributed by atoms with van der Waals surface area (Å²) in [6, 6.07) is 7.13. The van der Waals surface area contributed by atoms with Crippen molar-refractivity contribution in [2.24, 2.45) is 5.92 Å². The molecule has 2 heterocycles. The summed E-state index contributed by atoms with van der Waals surface area (Å²) < 4.78 is 5.35. The first-order valence-electron chi connectivity index (χ1n) is 8.64. The molecule has 2 N–H and O–H groups in total. The number of aryl methyl sites for hydroxylation is 1. The van der Waals surface area contributed by atoms with E-state index in [1.165, 1.54) is 16.9 Å². The number of nitrogens with zero attached hydrogens (tertiary/aromatic N) is 1. The molecule has 6 nitrogen and oxygen atoms in total. The smallest absolute Gasteiger partial charge is 0.326 e. The molecule has 0 radical (unpaired) electrons. The van der Waals surface area contributed by atoms with E-state index in [9.17, 15) is 14.7 Å². The van der Waals surface area contributed by atoms with Crippen molar-refractivity contribution in [1.82, 2.24) is 10.3 Å². The summed E-state index contributed by atoms with van der Waals surface area (Å²) in [5, 5.41) is 14.8. The van der Waals surface area contributed by atoms with Crippen molar-refractivity contribution in [3.8, 4) is 10.6 Å². The van der Waals surface area contributed by atoms with Crippen LogP contribution in [0.3, 0.4) is 0 Å². The molecule has 0 aliphatic carbocycles. The average molecular weight is 374 g/mol. The number of benzene rings is 1. The number of carboxylic acid groups (broad SMARTS) is 1. The Morgan fingerprint density at radius 1 is 1.38 bits per heavy atom. The molecule has 1 aromatic heterocycles. The van der Waals surface area contributed by atoms with Crippen molar-refractivity contribution < 1.29 is 19.4 Å². The minimum atomic E-state index is -1.02. The third-order valence-electron chi connectivity index (χ3n) is 4.44. The summed E-state index contributed by atoms with van der Waals surface area (Å²) in [5.41, 5.74) is 2.83. The van der Waals surface area contributed by atoms with Gasteiger partial charge in [-0.25, -0.2) is 9.78 Å². The summed E-state index contributed by atoms with van der Waals surface area (Å²) in [6.45, 7) is 3.04. The zero-order chi connectivity index (χ0) is 18.5. The van der Waals surface area contributed by atoms with E-state index in [-0.39, 0.29) is 18.2 Å². The van der Waals surface area contributed by atoms with Crippen LogP contribution in [-0.4, -0.2) is 41.2 Å². The highest BCUT2D eigenvalue weighted by molar-refractivity contribution is 7.13. The van der Waals surface area contributed by atoms with Crippen LogP contribution >= 0.6 is 11.3 Å². The monoisotopic (exact) mass is 374 g/mol. The Morgan fingerprint density at radius 3 is 2.81 bits per heavy atom. The number of aromatic nitrogens is 1. The van der Waals surface area contributed by atoms with Gasteiger partial charge in [-0.1, -0.05) is 29.8 Å². The molecule has 0 saturated carbocycles. The molecule has 1 aliphatic heterocycles. The van der Waals surface area contributed by atoms with Gasteiger partial charge in [0, 0.05) is 23.5 Å². The third kappa shape index (κ3) is 4.68. The van der Waals surface area contributed by atoms with Crippen molar-refractivity contribution in [2.75, 3.05) is 13.2 Å². The lowest BCUT2D eigenvalue weighted by atomic mass is 9.93. The minimum Gasteiger partial charge on any atom is -0.480 e. The Bertz CT molecular complexity index is 766. The van der Waals surface area contributed by atoms with Crippen LogP contribution in [0, 0.1) is 12.8 Å². The maximum absolute atomic E-state index is 12.3. The fourth-order valence-corrected chi connectivity index (χ4v) is 3.84. The van der Waals surface area contributed by atoms with Gasteiger partial charge in [0.15, 0.2) is 0 Å². The summed E-state index contributed by atoms with van der Waals surface area (Å²) in [4.78, 5) is 28.3. The van der Waals surface area contributed by atoms with Gasteiger partial charge >= 0.3 is 5.97 Å². The van der Waals surface area contributed by atoms with E-state index in [2.05, 4.69) is 10.3 Å². The van der Waals surface area contributed by atoms with Crippen LogP contribution in [0.1, 0.15) is 24.1 Å². The molecular weight excluding hydrogens is 352 g/mol. The van der Waals surface area contributed by atoms with Gasteiger partial charge in [-0.15, -0.1) is 11.3 Å². The third-order valence-corrected chi connectivity index (χ3v) is 5.38. The van der Waals surface area contributed by atoms with Gasteiger partial charge in [-0.05, 0) is 19.8 Å². The molecule has 2 unspecified atom stereocenters. The number of ether oxygens (including phenoxy) is 1. The summed E-state index contributed by atoms with van der Waals surface area (Å²) in [7, 11) is 0. The highest BCUT2D eigenvalue weighted by Crippen LogP contribution is 2.24. The van der Waals surface area contributed by atoms with Gasteiger partial charge in [0.2, 0.25) is 5.91 Å². The van der Waals surface area contributed by atoms with Gasteiger partial charge in [0.1, 0.15) is 11.0 Å². The second-order valence-electron chi connectivity index (χ2n) is 6.55. The van der Waals surface area contributed by atoms with E-state index in [0.717, 1.165) is 23.4 Å². The zero-order valence-corrected chi connectivity index (χ0v) is 15.4. The van der Waals surface area contributed by atoms with Crippen molar-refractivity contribution >= 4 is 23.2 Å². The molecule has 1 saturated heterocycles. The van der Waals surface area contributed by atoms with Crippen LogP contribution in [0.25, 0.3) is 10.6 Å². The zero-order valence-electron chi connectivity index (χ0n) is 14.6. The Hall–Kier alpha value is -2.25. The van der Waals surface area contributed by atoms with E-state index < -0.39 is 12.0 Å². The summed E-state index contributed by atoms with van der Waals surface area (Å²) in [5.74, 6) is -1.54. The van der Waals surface area contributed by atoms with Crippen LogP contribution in [0.5, 0.6) is 0 Å². The first-order chi connectivity index (χ1) is 12.5. The number of hydrogen-bond donors (Lipinski definition) is 2. The Balaban J connectivity index is 1.62. The van der Waals surface area contributed by atoms with Crippen LogP contribution < -0.4 is 5.32 Å². The largest absolute Gasteiger partial charge is 0.480 e. The molecule has 7 heteroatoms. The lowest BCUT2D eigenvalue weighted by Gasteiger charge is -2.28. The van der Waals surface area contributed by atoms with Crippen molar-refractivity contribution in [3.63, 3.8) is 0 Å². The molecule has 0 spiro atoms. The van der Waals surface area contributed by atoms with Gasteiger partial charge in [0.05, 0.1) is 18.7 Å². The van der Waals surface area contributed by atoms with Crippen LogP contribution in [0.2, 0.25) is 0 Å². The molecule has 1 amide bonds. The molecule has 2 aromatic rings. The molecule has 0 bridgehead atoms. The Labute approximate surface area is 156 Å². The standard InChI is InChI=1S/C19H22N2O4S/c1-12-4-6-13(7-5-12)18-20-15(11-26-18)9-16(22)21-17(19(23)24)14-3-2-8-25-10-14/h4-7,11,14,17H,2-3,8-10H2,1H3,(H,21,22)(H,23,24). The van der Waals surface area contributed by atoms with E-state index in [1.54, 1.807) is 0 Å². The Morgan fingerprint density at radius 2 is 2.15 bits per heavy atom. The normalized spacial score (nSPS) is 18.3. The lowest BCUT2D eigenvalue weighted by Crippen LogP contribution is -2.48. The number of amides is 1. The number of thiazole rings is 1. The summed E-state index contributed by atoms with van der Waals surface area (Å²) in [6.07, 6.45) is 1.63. The van der Waals surface area contributed by atoms with Crippen molar-refractivity contribution in [3.05, 3.63) is 40.9 Å². The van der Waals surface area contributed by atoms with Gasteiger partial charge < -0.3 is 15.2 Å². The lowest BCUT2D eigenvalue weighted by molar-refractivity contribution is -0.145. The topological polar surface area (TPSA) is 88.5 Å². The first-order valence-corrected chi connectivity index (χ1v) is 9.52. The highest BCUT2D eigenvalue weighted by Gasteiger charge is 2.31. The number of carbonyl (C=O) groups is 2. The fourth-order valence-electron chi connectivity index (χ4n) is 3.02. The number of carbonyl (C=O) groups excluding carboxylic acids is 1. The predicted molar refractivity (Wildman–Crippen MR) is 99.1 cm³/mol. The maximum atomic E-state index is 12.3. The SMILES string of the molecule is Cc1ccc(-c2nc(CC(=O)NC(C(=O)O)C3CCCOC3)cs2)cc1. The van der Waals surface area contributed by atoms with Crippen LogP contribution in [0.4, 0.5) is 0 Å². The summed E-state index contributed by atoms with van der Waals surface area (Å²) >= 11 is 1.48. The Kier molecular flexibility index (Phi) is 6.00. The van der Waals surface area contributed by atoms with Crippen molar-refractivity contribution in [1.29, 1.82) is 0 Å². The van der Waals surface area contributed by atoms with Gasteiger partial charge in [-0.3, -0.25) is 4.79 Å². The number of rotatable bonds is 6.